The maximum atomic E-state index is 12.9. The van der Waals surface area contributed by atoms with Crippen LogP contribution in [0.5, 0.6) is 0 Å². The average Bonchev–Trinajstić information content (AvgIpc) is 2.33. The van der Waals surface area contributed by atoms with Crippen molar-refractivity contribution in [2.24, 2.45) is 0 Å². The summed E-state index contributed by atoms with van der Waals surface area (Å²) in [5.74, 6) is -3.34. The first-order chi connectivity index (χ1) is 9.45. The van der Waals surface area contributed by atoms with E-state index in [9.17, 15) is 22.5 Å². The number of esters is 1. The Hall–Kier alpha value is -0.310. The molecule has 11 heteroatoms. The first kappa shape index (κ1) is 20.7. The standard InChI is InChI=1S/C10H16F3O5PS2/c1-5-17-19(4,15)8(10(11,12)13)18-9(20)21-6(2)7(14)16-3/h6,8H,5H2,1-4H3. The molecule has 0 radical (unpaired) electrons. The van der Waals surface area contributed by atoms with Gasteiger partial charge in [-0.05, 0) is 26.1 Å². The molecule has 0 aromatic heterocycles. The summed E-state index contributed by atoms with van der Waals surface area (Å²) in [6, 6.07) is 0. The summed E-state index contributed by atoms with van der Waals surface area (Å²) in [7, 11) is -2.98. The molecular weight excluding hydrogens is 352 g/mol. The molecule has 0 aliphatic rings. The van der Waals surface area contributed by atoms with E-state index in [1.54, 1.807) is 0 Å². The van der Waals surface area contributed by atoms with E-state index in [0.29, 0.717) is 11.8 Å². The average molecular weight is 368 g/mol. The summed E-state index contributed by atoms with van der Waals surface area (Å²) in [5.41, 5.74) is 0. The number of hydrogen-bond acceptors (Lipinski definition) is 7. The maximum Gasteiger partial charge on any atom is 0.434 e. The Morgan fingerprint density at radius 2 is 1.95 bits per heavy atom. The highest BCUT2D eigenvalue weighted by Crippen LogP contribution is 2.55. The van der Waals surface area contributed by atoms with Crippen molar-refractivity contribution in [2.45, 2.75) is 31.1 Å². The SMILES string of the molecule is CCOP(C)(=O)C(OC(=S)SC(C)C(=O)OC)C(F)(F)F. The Morgan fingerprint density at radius 3 is 2.33 bits per heavy atom. The van der Waals surface area contributed by atoms with Crippen molar-refractivity contribution in [3.05, 3.63) is 0 Å². The second-order valence-electron chi connectivity index (χ2n) is 3.87. The molecular formula is C10H16F3O5PS2. The fraction of sp³-hybridized carbons (Fsp3) is 0.800. The number of halogens is 3. The summed E-state index contributed by atoms with van der Waals surface area (Å²) >= 11 is 5.22. The lowest BCUT2D eigenvalue weighted by Crippen LogP contribution is -2.34. The molecule has 0 rings (SSSR count). The zero-order chi connectivity index (χ0) is 16.8. The number of ether oxygens (including phenoxy) is 2. The normalized spacial score (nSPS) is 17.5. The molecule has 0 saturated carbocycles. The molecule has 124 valence electrons. The van der Waals surface area contributed by atoms with Crippen LogP contribution in [0.3, 0.4) is 0 Å². The van der Waals surface area contributed by atoms with Gasteiger partial charge in [-0.3, -0.25) is 9.36 Å². The van der Waals surface area contributed by atoms with Gasteiger partial charge >= 0.3 is 12.1 Å². The van der Waals surface area contributed by atoms with E-state index < -0.39 is 35.0 Å². The molecule has 0 saturated heterocycles. The Morgan fingerprint density at radius 1 is 1.43 bits per heavy atom. The molecule has 0 aromatic carbocycles. The minimum absolute atomic E-state index is 0.164. The van der Waals surface area contributed by atoms with Gasteiger partial charge in [0.2, 0.25) is 11.8 Å². The molecule has 3 unspecified atom stereocenters. The van der Waals surface area contributed by atoms with Gasteiger partial charge in [0.15, 0.2) is 0 Å². The molecule has 0 aliphatic heterocycles. The van der Waals surface area contributed by atoms with E-state index in [4.69, 9.17) is 0 Å². The van der Waals surface area contributed by atoms with Gasteiger partial charge in [-0.1, -0.05) is 11.8 Å². The van der Waals surface area contributed by atoms with Gasteiger partial charge in [0.25, 0.3) is 5.85 Å². The Labute approximate surface area is 130 Å². The predicted molar refractivity (Wildman–Crippen MR) is 77.8 cm³/mol. The van der Waals surface area contributed by atoms with E-state index in [1.165, 1.54) is 13.8 Å². The van der Waals surface area contributed by atoms with Crippen LogP contribution in [-0.2, 0) is 23.4 Å². The number of thioether (sulfide) groups is 1. The third-order valence-corrected chi connectivity index (χ3v) is 5.35. The number of carbonyl (C=O) groups is 1. The molecule has 0 bridgehead atoms. The first-order valence-corrected chi connectivity index (χ1v) is 9.12. The number of thiocarbonyl (C=S) groups is 1. The van der Waals surface area contributed by atoms with E-state index in [1.807, 2.05) is 0 Å². The Bertz CT molecular complexity index is 429. The number of rotatable bonds is 6. The summed E-state index contributed by atoms with van der Waals surface area (Å²) in [4.78, 5) is 11.2. The third kappa shape index (κ3) is 6.99. The van der Waals surface area contributed by atoms with Crippen molar-refractivity contribution >= 4 is 41.7 Å². The lowest BCUT2D eigenvalue weighted by molar-refractivity contribution is -0.173. The van der Waals surface area contributed by atoms with Crippen molar-refractivity contribution in [3.8, 4) is 0 Å². The molecule has 5 nitrogen and oxygen atoms in total. The van der Waals surface area contributed by atoms with Crippen LogP contribution < -0.4 is 0 Å². The fourth-order valence-corrected chi connectivity index (χ4v) is 4.01. The molecule has 21 heavy (non-hydrogen) atoms. The molecule has 0 amide bonds. The summed E-state index contributed by atoms with van der Waals surface area (Å²) in [5, 5.41) is -0.847. The Kier molecular flexibility index (Phi) is 8.23. The van der Waals surface area contributed by atoms with Gasteiger partial charge in [0.1, 0.15) is 5.25 Å². The Balaban J connectivity index is 4.97. The lowest BCUT2D eigenvalue weighted by Gasteiger charge is -2.27. The van der Waals surface area contributed by atoms with Crippen LogP contribution in [0.15, 0.2) is 0 Å². The van der Waals surface area contributed by atoms with Crippen molar-refractivity contribution in [1.82, 2.24) is 0 Å². The zero-order valence-electron chi connectivity index (χ0n) is 11.8. The topological polar surface area (TPSA) is 61.8 Å². The lowest BCUT2D eigenvalue weighted by atomic mass is 10.5. The van der Waals surface area contributed by atoms with Crippen LogP contribution in [0.25, 0.3) is 0 Å². The summed E-state index contributed by atoms with van der Waals surface area (Å²) < 4.78 is 63.8. The molecule has 0 heterocycles. The number of hydrogen-bond donors (Lipinski definition) is 0. The highest BCUT2D eigenvalue weighted by molar-refractivity contribution is 8.23. The van der Waals surface area contributed by atoms with Gasteiger partial charge in [-0.25, -0.2) is 0 Å². The van der Waals surface area contributed by atoms with E-state index in [2.05, 4.69) is 26.2 Å². The number of alkyl halides is 3. The predicted octanol–water partition coefficient (Wildman–Crippen LogP) is 3.42. The van der Waals surface area contributed by atoms with Gasteiger partial charge < -0.3 is 14.0 Å². The van der Waals surface area contributed by atoms with Crippen LogP contribution in [0, 0.1) is 0 Å². The summed E-state index contributed by atoms with van der Waals surface area (Å²) in [6.45, 7) is 3.46. The zero-order valence-corrected chi connectivity index (χ0v) is 14.3. The van der Waals surface area contributed by atoms with Gasteiger partial charge in [-0.2, -0.15) is 13.2 Å². The van der Waals surface area contributed by atoms with E-state index >= 15 is 0 Å². The highest BCUT2D eigenvalue weighted by atomic mass is 32.2. The summed E-state index contributed by atoms with van der Waals surface area (Å²) in [6.07, 6.45) is -4.92. The molecule has 0 aliphatic carbocycles. The van der Waals surface area contributed by atoms with Crippen LogP contribution in [0.4, 0.5) is 13.2 Å². The van der Waals surface area contributed by atoms with Gasteiger partial charge in [0, 0.05) is 6.66 Å². The quantitative estimate of drug-likeness (QED) is 0.404. The molecule has 0 N–H and O–H groups in total. The van der Waals surface area contributed by atoms with Crippen molar-refractivity contribution in [3.63, 3.8) is 0 Å². The monoisotopic (exact) mass is 368 g/mol. The molecule has 0 spiro atoms. The minimum Gasteiger partial charge on any atom is -0.468 e. The highest BCUT2D eigenvalue weighted by Gasteiger charge is 2.53. The van der Waals surface area contributed by atoms with Crippen LogP contribution in [0.1, 0.15) is 13.8 Å². The van der Waals surface area contributed by atoms with E-state index in [-0.39, 0.29) is 6.61 Å². The molecule has 0 fully saturated rings. The van der Waals surface area contributed by atoms with E-state index in [0.717, 1.165) is 13.8 Å². The van der Waals surface area contributed by atoms with Gasteiger partial charge in [0.05, 0.1) is 13.7 Å². The van der Waals surface area contributed by atoms with Crippen molar-refractivity contribution in [2.75, 3.05) is 20.4 Å². The smallest absolute Gasteiger partial charge is 0.434 e. The molecule has 3 atom stereocenters. The van der Waals surface area contributed by atoms with Crippen LogP contribution in [0.2, 0.25) is 0 Å². The van der Waals surface area contributed by atoms with Crippen molar-refractivity contribution < 1.29 is 36.5 Å². The van der Waals surface area contributed by atoms with Crippen molar-refractivity contribution in [1.29, 1.82) is 0 Å². The van der Waals surface area contributed by atoms with Crippen LogP contribution in [-0.4, -0.2) is 48.0 Å². The van der Waals surface area contributed by atoms with Gasteiger partial charge in [-0.15, -0.1) is 0 Å². The first-order valence-electron chi connectivity index (χ1n) is 5.69. The largest absolute Gasteiger partial charge is 0.468 e. The maximum absolute atomic E-state index is 12.9. The number of carbonyl (C=O) groups excluding carboxylic acids is 1. The third-order valence-electron chi connectivity index (χ3n) is 2.11. The second-order valence-corrected chi connectivity index (χ2v) is 8.36. The second kappa shape index (κ2) is 8.36. The fourth-order valence-electron chi connectivity index (χ4n) is 1.23. The minimum atomic E-state index is -4.92. The molecule has 0 aromatic rings. The van der Waals surface area contributed by atoms with Crippen LogP contribution >= 0.6 is 31.3 Å². The number of methoxy groups -OCH3 is 1.